The monoisotopic (exact) mass is 991 g/mol. The lowest BCUT2D eigenvalue weighted by molar-refractivity contribution is -0.167. The quantitative estimate of drug-likeness (QED) is 0.0261. The molecule has 0 amide bonds. The highest BCUT2D eigenvalue weighted by Gasteiger charge is 2.19. The van der Waals surface area contributed by atoms with E-state index in [2.05, 4.69) is 93.7 Å². The standard InChI is InChI=1S/C65H114O6/c1-4-7-10-13-16-19-22-25-28-30-32-34-37-40-43-46-49-52-55-58-64(67)70-61-62(60-69-63(66)57-54-51-48-45-42-39-36-27-24-21-18-15-12-9-6-3)71-65(68)59-56-53-50-47-44-41-38-35-33-31-29-26-23-20-17-14-11-8-5-2/h17,20,25-29,33,35-36,41,44,62H,4-16,18-19,21-24,30-32,34,37-40,42-43,45-61H2,1-3H3/b20-17-,28-25-,29-26-,35-33-,36-27-,44-41-/t62-/m0/s1. The summed E-state index contributed by atoms with van der Waals surface area (Å²) in [5.74, 6) is -0.922. The van der Waals surface area contributed by atoms with Crippen LogP contribution in [0.25, 0.3) is 0 Å². The maximum Gasteiger partial charge on any atom is 0.306 e. The minimum absolute atomic E-state index is 0.0910. The van der Waals surface area contributed by atoms with E-state index >= 15 is 0 Å². The molecule has 0 bridgehead atoms. The molecule has 0 aliphatic carbocycles. The third-order valence-corrected chi connectivity index (χ3v) is 13.2. The number of ether oxygens (including phenoxy) is 3. The highest BCUT2D eigenvalue weighted by Crippen LogP contribution is 2.15. The largest absolute Gasteiger partial charge is 0.462 e. The molecule has 0 aromatic carbocycles. The Hall–Kier alpha value is -3.15. The van der Waals surface area contributed by atoms with Crippen LogP contribution >= 0.6 is 0 Å². The fourth-order valence-electron chi connectivity index (χ4n) is 8.53. The molecule has 6 nitrogen and oxygen atoms in total. The van der Waals surface area contributed by atoms with E-state index in [1.54, 1.807) is 0 Å². The second-order valence-corrected chi connectivity index (χ2v) is 20.2. The van der Waals surface area contributed by atoms with Gasteiger partial charge < -0.3 is 14.2 Å². The average Bonchev–Trinajstić information content (AvgIpc) is 3.37. The Balaban J connectivity index is 4.44. The summed E-state index contributed by atoms with van der Waals surface area (Å²) >= 11 is 0. The number of unbranched alkanes of at least 4 members (excludes halogenated alkanes) is 32. The molecule has 0 fully saturated rings. The SMILES string of the molecule is CCCCC/C=C\C/C=C\C/C=C\C/C=C\CCCCCC(=O)O[C@@H](COC(=O)CCCCCCC/C=C\CCCCCCCC)COC(=O)CCCCCCCCCCC/C=C\CCCCCCCC. The third-order valence-electron chi connectivity index (χ3n) is 13.2. The number of hydrogen-bond acceptors (Lipinski definition) is 6. The van der Waals surface area contributed by atoms with Crippen molar-refractivity contribution in [1.82, 2.24) is 0 Å². The Morgan fingerprint density at radius 3 is 0.845 bits per heavy atom. The van der Waals surface area contributed by atoms with Gasteiger partial charge >= 0.3 is 17.9 Å². The van der Waals surface area contributed by atoms with Gasteiger partial charge in [0, 0.05) is 19.3 Å². The van der Waals surface area contributed by atoms with Crippen LogP contribution in [0.4, 0.5) is 0 Å². The van der Waals surface area contributed by atoms with Crippen LogP contribution in [0.15, 0.2) is 72.9 Å². The number of rotatable bonds is 55. The van der Waals surface area contributed by atoms with Crippen LogP contribution in [0, 0.1) is 0 Å². The first-order valence-corrected chi connectivity index (χ1v) is 30.4. The predicted molar refractivity (Wildman–Crippen MR) is 307 cm³/mol. The van der Waals surface area contributed by atoms with Crippen molar-refractivity contribution in [3.8, 4) is 0 Å². The summed E-state index contributed by atoms with van der Waals surface area (Å²) in [7, 11) is 0. The molecule has 0 saturated heterocycles. The maximum atomic E-state index is 12.9. The second kappa shape index (κ2) is 59.4. The molecule has 0 spiro atoms. The van der Waals surface area contributed by atoms with Crippen molar-refractivity contribution in [2.75, 3.05) is 13.2 Å². The van der Waals surface area contributed by atoms with Gasteiger partial charge in [-0.2, -0.15) is 0 Å². The first-order valence-electron chi connectivity index (χ1n) is 30.4. The van der Waals surface area contributed by atoms with E-state index in [9.17, 15) is 14.4 Å². The summed E-state index contributed by atoms with van der Waals surface area (Å²) in [6, 6.07) is 0. The molecule has 0 aliphatic heterocycles. The van der Waals surface area contributed by atoms with Crippen molar-refractivity contribution < 1.29 is 28.6 Å². The van der Waals surface area contributed by atoms with E-state index in [1.165, 1.54) is 173 Å². The smallest absolute Gasteiger partial charge is 0.306 e. The predicted octanol–water partition coefficient (Wildman–Crippen LogP) is 20.5. The Morgan fingerprint density at radius 2 is 0.507 bits per heavy atom. The molecule has 0 aliphatic rings. The van der Waals surface area contributed by atoms with Gasteiger partial charge in [-0.1, -0.05) is 241 Å². The average molecular weight is 992 g/mol. The van der Waals surface area contributed by atoms with Crippen LogP contribution in [-0.4, -0.2) is 37.2 Å². The summed E-state index contributed by atoms with van der Waals surface area (Å²) in [5, 5.41) is 0. The van der Waals surface area contributed by atoms with E-state index in [0.29, 0.717) is 19.3 Å². The molecule has 0 heterocycles. The first-order chi connectivity index (χ1) is 35.0. The van der Waals surface area contributed by atoms with E-state index in [0.717, 1.165) is 89.9 Å². The topological polar surface area (TPSA) is 78.9 Å². The van der Waals surface area contributed by atoms with Crippen LogP contribution in [-0.2, 0) is 28.6 Å². The Bertz CT molecular complexity index is 1320. The lowest BCUT2D eigenvalue weighted by Crippen LogP contribution is -2.30. The molecule has 0 radical (unpaired) electrons. The van der Waals surface area contributed by atoms with Gasteiger partial charge in [-0.25, -0.2) is 0 Å². The third kappa shape index (κ3) is 57.6. The van der Waals surface area contributed by atoms with Crippen molar-refractivity contribution in [3.05, 3.63) is 72.9 Å². The number of hydrogen-bond donors (Lipinski definition) is 0. The van der Waals surface area contributed by atoms with E-state index in [1.807, 2.05) is 0 Å². The maximum absolute atomic E-state index is 12.9. The van der Waals surface area contributed by atoms with Gasteiger partial charge in [-0.15, -0.1) is 0 Å². The fraction of sp³-hybridized carbons (Fsp3) is 0.769. The summed E-state index contributed by atoms with van der Waals surface area (Å²) in [4.78, 5) is 38.2. The van der Waals surface area contributed by atoms with Gasteiger partial charge in [0.2, 0.25) is 0 Å². The van der Waals surface area contributed by atoms with Crippen LogP contribution < -0.4 is 0 Å². The van der Waals surface area contributed by atoms with Crippen molar-refractivity contribution >= 4 is 17.9 Å². The molecule has 0 aromatic rings. The van der Waals surface area contributed by atoms with E-state index < -0.39 is 6.10 Å². The van der Waals surface area contributed by atoms with Gasteiger partial charge in [0.25, 0.3) is 0 Å². The highest BCUT2D eigenvalue weighted by molar-refractivity contribution is 5.71. The van der Waals surface area contributed by atoms with Crippen molar-refractivity contribution in [2.45, 2.75) is 309 Å². The molecule has 0 saturated carbocycles. The van der Waals surface area contributed by atoms with Gasteiger partial charge in [-0.05, 0) is 116 Å². The van der Waals surface area contributed by atoms with Gasteiger partial charge in [0.1, 0.15) is 13.2 Å². The number of allylic oxidation sites excluding steroid dienone is 12. The normalized spacial score (nSPS) is 12.5. The zero-order valence-corrected chi connectivity index (χ0v) is 47.0. The second-order valence-electron chi connectivity index (χ2n) is 20.2. The molecule has 0 rings (SSSR count). The van der Waals surface area contributed by atoms with Crippen molar-refractivity contribution in [1.29, 1.82) is 0 Å². The lowest BCUT2D eigenvalue weighted by Gasteiger charge is -2.18. The molecular weight excluding hydrogens is 877 g/mol. The summed E-state index contributed by atoms with van der Waals surface area (Å²) < 4.78 is 16.9. The van der Waals surface area contributed by atoms with E-state index in [4.69, 9.17) is 14.2 Å². The Kier molecular flexibility index (Phi) is 56.8. The van der Waals surface area contributed by atoms with Crippen LogP contribution in [0.2, 0.25) is 0 Å². The zero-order valence-electron chi connectivity index (χ0n) is 47.0. The lowest BCUT2D eigenvalue weighted by atomic mass is 10.1. The minimum atomic E-state index is -0.797. The number of carbonyl (C=O) groups excluding carboxylic acids is 3. The first kappa shape index (κ1) is 67.8. The van der Waals surface area contributed by atoms with Crippen LogP contribution in [0.3, 0.4) is 0 Å². The molecule has 410 valence electrons. The molecule has 71 heavy (non-hydrogen) atoms. The van der Waals surface area contributed by atoms with Crippen LogP contribution in [0.1, 0.15) is 303 Å². The molecule has 1 atom stereocenters. The summed E-state index contributed by atoms with van der Waals surface area (Å²) in [6.07, 6.45) is 76.1. The van der Waals surface area contributed by atoms with Crippen molar-refractivity contribution in [2.24, 2.45) is 0 Å². The van der Waals surface area contributed by atoms with Gasteiger partial charge in [-0.3, -0.25) is 14.4 Å². The van der Waals surface area contributed by atoms with E-state index in [-0.39, 0.29) is 31.1 Å². The summed E-state index contributed by atoms with van der Waals surface area (Å²) in [6.45, 7) is 6.59. The van der Waals surface area contributed by atoms with Crippen molar-refractivity contribution in [3.63, 3.8) is 0 Å². The Labute approximate surface area is 440 Å². The number of carbonyl (C=O) groups is 3. The molecule has 0 unspecified atom stereocenters. The fourth-order valence-corrected chi connectivity index (χ4v) is 8.53. The molecule has 0 aromatic heterocycles. The molecule has 6 heteroatoms. The molecular formula is C65H114O6. The van der Waals surface area contributed by atoms with Gasteiger partial charge in [0.15, 0.2) is 6.10 Å². The highest BCUT2D eigenvalue weighted by atomic mass is 16.6. The van der Waals surface area contributed by atoms with Gasteiger partial charge in [0.05, 0.1) is 0 Å². The van der Waals surface area contributed by atoms with Crippen LogP contribution in [0.5, 0.6) is 0 Å². The summed E-state index contributed by atoms with van der Waals surface area (Å²) in [5.41, 5.74) is 0. The number of esters is 3. The zero-order chi connectivity index (χ0) is 51.4. The molecule has 0 N–H and O–H groups in total. The Morgan fingerprint density at radius 1 is 0.282 bits per heavy atom. The minimum Gasteiger partial charge on any atom is -0.462 e.